The van der Waals surface area contributed by atoms with Crippen molar-refractivity contribution in [3.05, 3.63) is 23.7 Å². The molecule has 0 N–H and O–H groups in total. The normalized spacial score (nSPS) is 32.7. The standard InChI is InChI=1S/C14H21NO3/c1-10-3-4-11(18-10)9-15-7-8-17-14-12(15)5-6-13(14)16-2/h3-4,12-14H,5-9H2,1-2H3/t12-,13+,14+/m1/s1. The number of rotatable bonds is 3. The van der Waals surface area contributed by atoms with Crippen LogP contribution in [0.5, 0.6) is 0 Å². The Morgan fingerprint density at radius 3 is 3.00 bits per heavy atom. The van der Waals surface area contributed by atoms with Crippen LogP contribution in [0.2, 0.25) is 0 Å². The topological polar surface area (TPSA) is 34.8 Å². The molecule has 0 unspecified atom stereocenters. The molecule has 0 bridgehead atoms. The fraction of sp³-hybridized carbons (Fsp3) is 0.714. The maximum atomic E-state index is 5.88. The zero-order chi connectivity index (χ0) is 12.5. The van der Waals surface area contributed by atoms with E-state index >= 15 is 0 Å². The molecule has 1 aromatic heterocycles. The van der Waals surface area contributed by atoms with Crippen LogP contribution in [0, 0.1) is 6.92 Å². The number of furan rings is 1. The van der Waals surface area contributed by atoms with Crippen molar-refractivity contribution in [1.29, 1.82) is 0 Å². The molecular formula is C14H21NO3. The molecule has 0 radical (unpaired) electrons. The Labute approximate surface area is 108 Å². The minimum absolute atomic E-state index is 0.236. The molecule has 18 heavy (non-hydrogen) atoms. The van der Waals surface area contributed by atoms with Gasteiger partial charge in [-0.15, -0.1) is 0 Å². The Bertz CT molecular complexity index is 403. The fourth-order valence-corrected chi connectivity index (χ4v) is 3.21. The van der Waals surface area contributed by atoms with Gasteiger partial charge in [0.15, 0.2) is 0 Å². The van der Waals surface area contributed by atoms with E-state index in [0.717, 1.165) is 44.1 Å². The van der Waals surface area contributed by atoms with Crippen molar-refractivity contribution in [3.63, 3.8) is 0 Å². The average Bonchev–Trinajstić information content (AvgIpc) is 2.96. The number of aryl methyl sites for hydroxylation is 1. The van der Waals surface area contributed by atoms with Crippen LogP contribution in [0.4, 0.5) is 0 Å². The number of hydrogen-bond acceptors (Lipinski definition) is 4. The molecular weight excluding hydrogens is 230 g/mol. The molecule has 1 saturated carbocycles. The smallest absolute Gasteiger partial charge is 0.118 e. The van der Waals surface area contributed by atoms with Crippen molar-refractivity contribution in [3.8, 4) is 0 Å². The highest BCUT2D eigenvalue weighted by Crippen LogP contribution is 2.32. The van der Waals surface area contributed by atoms with Crippen LogP contribution in [0.3, 0.4) is 0 Å². The van der Waals surface area contributed by atoms with Gasteiger partial charge >= 0.3 is 0 Å². The van der Waals surface area contributed by atoms with Gasteiger partial charge in [-0.25, -0.2) is 0 Å². The Hall–Kier alpha value is -0.840. The molecule has 3 rings (SSSR count). The van der Waals surface area contributed by atoms with Crippen LogP contribution < -0.4 is 0 Å². The Morgan fingerprint density at radius 2 is 2.28 bits per heavy atom. The SMILES string of the molecule is CO[C@H]1CC[C@@H]2[C@@H]1OCCN2Cc1ccc(C)o1. The van der Waals surface area contributed by atoms with Gasteiger partial charge in [-0.1, -0.05) is 0 Å². The quantitative estimate of drug-likeness (QED) is 0.822. The molecule has 2 fully saturated rings. The van der Waals surface area contributed by atoms with E-state index in [2.05, 4.69) is 11.0 Å². The molecule has 1 aliphatic heterocycles. The summed E-state index contributed by atoms with van der Waals surface area (Å²) in [5.74, 6) is 2.03. The minimum Gasteiger partial charge on any atom is -0.465 e. The molecule has 1 aliphatic carbocycles. The number of morpholine rings is 1. The third-order valence-electron chi connectivity index (χ3n) is 4.11. The first-order valence-corrected chi connectivity index (χ1v) is 6.71. The van der Waals surface area contributed by atoms with Gasteiger partial charge in [0.2, 0.25) is 0 Å². The number of hydrogen-bond donors (Lipinski definition) is 0. The van der Waals surface area contributed by atoms with Crippen molar-refractivity contribution < 1.29 is 13.9 Å². The lowest BCUT2D eigenvalue weighted by molar-refractivity contribution is -0.107. The molecule has 0 aromatic carbocycles. The molecule has 0 amide bonds. The third-order valence-corrected chi connectivity index (χ3v) is 4.11. The second-order valence-electron chi connectivity index (χ2n) is 5.24. The van der Waals surface area contributed by atoms with E-state index in [4.69, 9.17) is 13.9 Å². The third kappa shape index (κ3) is 2.20. The largest absolute Gasteiger partial charge is 0.465 e. The predicted octanol–water partition coefficient (Wildman–Crippen LogP) is 1.97. The van der Waals surface area contributed by atoms with Gasteiger partial charge in [-0.2, -0.15) is 0 Å². The van der Waals surface area contributed by atoms with Gasteiger partial charge in [0, 0.05) is 19.7 Å². The van der Waals surface area contributed by atoms with E-state index in [9.17, 15) is 0 Å². The maximum Gasteiger partial charge on any atom is 0.118 e. The monoisotopic (exact) mass is 251 g/mol. The number of ether oxygens (including phenoxy) is 2. The van der Waals surface area contributed by atoms with E-state index in [-0.39, 0.29) is 12.2 Å². The van der Waals surface area contributed by atoms with Gasteiger partial charge in [0.05, 0.1) is 25.4 Å². The maximum absolute atomic E-state index is 5.88. The minimum atomic E-state index is 0.236. The molecule has 3 atom stereocenters. The summed E-state index contributed by atoms with van der Waals surface area (Å²) in [6.45, 7) is 4.65. The van der Waals surface area contributed by atoms with Crippen molar-refractivity contribution in [2.75, 3.05) is 20.3 Å². The van der Waals surface area contributed by atoms with E-state index in [1.165, 1.54) is 0 Å². The molecule has 1 saturated heterocycles. The molecule has 4 nitrogen and oxygen atoms in total. The first-order chi connectivity index (χ1) is 8.78. The first-order valence-electron chi connectivity index (χ1n) is 6.71. The van der Waals surface area contributed by atoms with Gasteiger partial charge in [-0.3, -0.25) is 4.90 Å². The Balaban J connectivity index is 1.69. The fourth-order valence-electron chi connectivity index (χ4n) is 3.21. The van der Waals surface area contributed by atoms with E-state index < -0.39 is 0 Å². The summed E-state index contributed by atoms with van der Waals surface area (Å²) in [6, 6.07) is 4.58. The highest BCUT2D eigenvalue weighted by atomic mass is 16.5. The molecule has 100 valence electrons. The summed E-state index contributed by atoms with van der Waals surface area (Å²) in [7, 11) is 1.78. The zero-order valence-corrected chi connectivity index (χ0v) is 11.1. The Kier molecular flexibility index (Phi) is 3.41. The van der Waals surface area contributed by atoms with Gasteiger partial charge in [0.25, 0.3) is 0 Å². The average molecular weight is 251 g/mol. The molecule has 2 heterocycles. The van der Waals surface area contributed by atoms with Crippen LogP contribution in [-0.4, -0.2) is 43.4 Å². The van der Waals surface area contributed by atoms with Crippen molar-refractivity contribution in [2.45, 2.75) is 44.6 Å². The molecule has 4 heteroatoms. The Morgan fingerprint density at radius 1 is 1.39 bits per heavy atom. The van der Waals surface area contributed by atoms with Gasteiger partial charge < -0.3 is 13.9 Å². The summed E-state index contributed by atoms with van der Waals surface area (Å²) < 4.78 is 17.1. The van der Waals surface area contributed by atoms with Crippen LogP contribution in [0.15, 0.2) is 16.5 Å². The number of nitrogens with zero attached hydrogens (tertiary/aromatic N) is 1. The highest BCUT2D eigenvalue weighted by Gasteiger charge is 2.42. The summed E-state index contributed by atoms with van der Waals surface area (Å²) in [6.07, 6.45) is 2.75. The summed E-state index contributed by atoms with van der Waals surface area (Å²) in [5.41, 5.74) is 0. The lowest BCUT2D eigenvalue weighted by Gasteiger charge is -2.38. The van der Waals surface area contributed by atoms with Crippen molar-refractivity contribution in [1.82, 2.24) is 4.90 Å². The predicted molar refractivity (Wildman–Crippen MR) is 67.4 cm³/mol. The molecule has 0 spiro atoms. The number of methoxy groups -OCH3 is 1. The summed E-state index contributed by atoms with van der Waals surface area (Å²) in [4.78, 5) is 2.48. The summed E-state index contributed by atoms with van der Waals surface area (Å²) in [5, 5.41) is 0. The second kappa shape index (κ2) is 5.03. The zero-order valence-electron chi connectivity index (χ0n) is 11.1. The van der Waals surface area contributed by atoms with E-state index in [0.29, 0.717) is 6.04 Å². The van der Waals surface area contributed by atoms with Crippen LogP contribution in [-0.2, 0) is 16.0 Å². The molecule has 2 aliphatic rings. The lowest BCUT2D eigenvalue weighted by Crippen LogP contribution is -2.51. The van der Waals surface area contributed by atoms with E-state index in [1.54, 1.807) is 7.11 Å². The molecule has 1 aromatic rings. The first kappa shape index (κ1) is 12.2. The lowest BCUT2D eigenvalue weighted by atomic mass is 10.1. The van der Waals surface area contributed by atoms with Crippen LogP contribution in [0.1, 0.15) is 24.4 Å². The van der Waals surface area contributed by atoms with Gasteiger partial charge in [0.1, 0.15) is 11.5 Å². The summed E-state index contributed by atoms with van der Waals surface area (Å²) >= 11 is 0. The van der Waals surface area contributed by atoms with E-state index in [1.807, 2.05) is 13.0 Å². The van der Waals surface area contributed by atoms with Crippen molar-refractivity contribution in [2.24, 2.45) is 0 Å². The second-order valence-corrected chi connectivity index (χ2v) is 5.24. The van der Waals surface area contributed by atoms with Gasteiger partial charge in [-0.05, 0) is 31.9 Å². The number of fused-ring (bicyclic) bond motifs is 1. The van der Waals surface area contributed by atoms with Crippen LogP contribution in [0.25, 0.3) is 0 Å². The highest BCUT2D eigenvalue weighted by molar-refractivity contribution is 5.06. The van der Waals surface area contributed by atoms with Crippen molar-refractivity contribution >= 4 is 0 Å². The van der Waals surface area contributed by atoms with Crippen LogP contribution >= 0.6 is 0 Å².